The second-order valence-corrected chi connectivity index (χ2v) is 5.51. The minimum Gasteiger partial charge on any atom is -0.448 e. The van der Waals surface area contributed by atoms with E-state index in [2.05, 4.69) is 4.98 Å². The Morgan fingerprint density at radius 3 is 2.43 bits per heavy atom. The zero-order valence-corrected chi connectivity index (χ0v) is 13.3. The fourth-order valence-corrected chi connectivity index (χ4v) is 2.51. The molecule has 0 N–H and O–H groups in total. The van der Waals surface area contributed by atoms with Gasteiger partial charge in [-0.2, -0.15) is 0 Å². The van der Waals surface area contributed by atoms with Crippen molar-refractivity contribution in [3.8, 4) is 11.3 Å². The maximum atomic E-state index is 11.5. The SMILES string of the molecule is O=C(CCl)c1ccc(CCc2nc(-c3ccccc3)co2)cc1. The van der Waals surface area contributed by atoms with Gasteiger partial charge in [-0.25, -0.2) is 4.98 Å². The van der Waals surface area contributed by atoms with Crippen LogP contribution in [0.25, 0.3) is 11.3 Å². The summed E-state index contributed by atoms with van der Waals surface area (Å²) < 4.78 is 5.54. The Labute approximate surface area is 139 Å². The molecule has 0 fully saturated rings. The number of hydrogen-bond acceptors (Lipinski definition) is 3. The number of halogens is 1. The molecular formula is C19H16ClNO2. The molecule has 0 unspecified atom stereocenters. The first-order valence-electron chi connectivity index (χ1n) is 7.44. The Bertz CT molecular complexity index is 779. The molecule has 0 aliphatic rings. The lowest BCUT2D eigenvalue weighted by atomic mass is 10.1. The first-order valence-corrected chi connectivity index (χ1v) is 7.97. The molecule has 1 aromatic heterocycles. The van der Waals surface area contributed by atoms with Crippen LogP contribution in [0.3, 0.4) is 0 Å². The first-order chi connectivity index (χ1) is 11.3. The summed E-state index contributed by atoms with van der Waals surface area (Å²) >= 11 is 5.55. The Hall–Kier alpha value is -2.39. The van der Waals surface area contributed by atoms with Gasteiger partial charge >= 0.3 is 0 Å². The van der Waals surface area contributed by atoms with Crippen molar-refractivity contribution in [2.75, 3.05) is 5.88 Å². The number of aryl methyl sites for hydroxylation is 2. The molecule has 0 aliphatic carbocycles. The van der Waals surface area contributed by atoms with Crippen LogP contribution in [0.1, 0.15) is 21.8 Å². The minimum atomic E-state index is -0.0570. The molecule has 3 nitrogen and oxygen atoms in total. The number of hydrogen-bond donors (Lipinski definition) is 0. The molecule has 2 aromatic carbocycles. The second-order valence-electron chi connectivity index (χ2n) is 5.25. The van der Waals surface area contributed by atoms with Gasteiger partial charge in [-0.05, 0) is 12.0 Å². The van der Waals surface area contributed by atoms with Crippen molar-refractivity contribution in [3.05, 3.63) is 77.9 Å². The monoisotopic (exact) mass is 325 g/mol. The molecule has 0 amide bonds. The molecule has 23 heavy (non-hydrogen) atoms. The summed E-state index contributed by atoms with van der Waals surface area (Å²) in [7, 11) is 0. The largest absolute Gasteiger partial charge is 0.448 e. The van der Waals surface area contributed by atoms with Crippen molar-refractivity contribution in [2.24, 2.45) is 0 Å². The normalized spacial score (nSPS) is 10.7. The topological polar surface area (TPSA) is 43.1 Å². The third-order valence-corrected chi connectivity index (χ3v) is 3.89. The van der Waals surface area contributed by atoms with Gasteiger partial charge in [0, 0.05) is 17.5 Å². The molecule has 0 saturated carbocycles. The van der Waals surface area contributed by atoms with Gasteiger partial charge in [-0.1, -0.05) is 54.6 Å². The zero-order valence-electron chi connectivity index (χ0n) is 12.5. The van der Waals surface area contributed by atoms with Crippen molar-refractivity contribution in [2.45, 2.75) is 12.8 Å². The van der Waals surface area contributed by atoms with E-state index in [0.717, 1.165) is 29.7 Å². The molecule has 0 radical (unpaired) electrons. The maximum absolute atomic E-state index is 11.5. The highest BCUT2D eigenvalue weighted by Gasteiger charge is 2.07. The number of rotatable bonds is 6. The van der Waals surface area contributed by atoms with Gasteiger partial charge in [0.15, 0.2) is 11.7 Å². The third-order valence-electron chi connectivity index (χ3n) is 3.65. The van der Waals surface area contributed by atoms with Crippen LogP contribution in [-0.2, 0) is 12.8 Å². The molecule has 0 saturated heterocycles. The number of aromatic nitrogens is 1. The van der Waals surface area contributed by atoms with Gasteiger partial charge in [0.25, 0.3) is 0 Å². The Morgan fingerprint density at radius 1 is 1.00 bits per heavy atom. The average molecular weight is 326 g/mol. The fourth-order valence-electron chi connectivity index (χ4n) is 2.35. The number of nitrogens with zero attached hydrogens (tertiary/aromatic N) is 1. The van der Waals surface area contributed by atoms with Gasteiger partial charge in [-0.3, -0.25) is 4.79 Å². The molecular weight excluding hydrogens is 310 g/mol. The third kappa shape index (κ3) is 3.88. The lowest BCUT2D eigenvalue weighted by molar-refractivity contribution is 0.102. The quantitative estimate of drug-likeness (QED) is 0.493. The van der Waals surface area contributed by atoms with E-state index in [4.69, 9.17) is 16.0 Å². The summed E-state index contributed by atoms with van der Waals surface area (Å²) in [4.78, 5) is 16.0. The molecule has 0 spiro atoms. The van der Waals surface area contributed by atoms with E-state index >= 15 is 0 Å². The van der Waals surface area contributed by atoms with Crippen molar-refractivity contribution >= 4 is 17.4 Å². The molecule has 4 heteroatoms. The van der Waals surface area contributed by atoms with E-state index in [9.17, 15) is 4.79 Å². The molecule has 0 bridgehead atoms. The highest BCUT2D eigenvalue weighted by Crippen LogP contribution is 2.19. The van der Waals surface area contributed by atoms with E-state index in [1.807, 2.05) is 54.6 Å². The first kappa shape index (κ1) is 15.5. The summed E-state index contributed by atoms with van der Waals surface area (Å²) in [6.07, 6.45) is 3.21. The summed E-state index contributed by atoms with van der Waals surface area (Å²) in [5.74, 6) is 0.668. The fraction of sp³-hybridized carbons (Fsp3) is 0.158. The van der Waals surface area contributed by atoms with E-state index in [1.54, 1.807) is 6.26 Å². The lowest BCUT2D eigenvalue weighted by Gasteiger charge is -2.01. The van der Waals surface area contributed by atoms with Gasteiger partial charge in [0.2, 0.25) is 0 Å². The number of ketones is 1. The smallest absolute Gasteiger partial charge is 0.194 e. The van der Waals surface area contributed by atoms with Crippen molar-refractivity contribution < 1.29 is 9.21 Å². The van der Waals surface area contributed by atoms with Gasteiger partial charge < -0.3 is 4.42 Å². The van der Waals surface area contributed by atoms with Crippen LogP contribution < -0.4 is 0 Å². The van der Waals surface area contributed by atoms with Crippen LogP contribution in [0.2, 0.25) is 0 Å². The lowest BCUT2D eigenvalue weighted by Crippen LogP contribution is -2.00. The molecule has 3 aromatic rings. The number of carbonyl (C=O) groups excluding carboxylic acids is 1. The Kier molecular flexibility index (Phi) is 4.89. The van der Waals surface area contributed by atoms with Crippen LogP contribution in [0.4, 0.5) is 0 Å². The molecule has 116 valence electrons. The highest BCUT2D eigenvalue weighted by molar-refractivity contribution is 6.30. The number of benzene rings is 2. The highest BCUT2D eigenvalue weighted by atomic mass is 35.5. The van der Waals surface area contributed by atoms with E-state index in [-0.39, 0.29) is 11.7 Å². The number of carbonyl (C=O) groups is 1. The van der Waals surface area contributed by atoms with Crippen LogP contribution in [-0.4, -0.2) is 16.6 Å². The molecule has 1 heterocycles. The standard InChI is InChI=1S/C19H16ClNO2/c20-12-18(22)16-9-6-14(7-10-16)8-11-19-21-17(13-23-19)15-4-2-1-3-5-15/h1-7,9-10,13H,8,11-12H2. The van der Waals surface area contributed by atoms with Crippen LogP contribution in [0, 0.1) is 0 Å². The van der Waals surface area contributed by atoms with E-state index < -0.39 is 0 Å². The van der Waals surface area contributed by atoms with E-state index in [1.165, 1.54) is 0 Å². The molecule has 3 rings (SSSR count). The zero-order chi connectivity index (χ0) is 16.1. The van der Waals surface area contributed by atoms with Crippen molar-refractivity contribution in [1.82, 2.24) is 4.98 Å². The van der Waals surface area contributed by atoms with Gasteiger partial charge in [-0.15, -0.1) is 11.6 Å². The Balaban J connectivity index is 1.63. The van der Waals surface area contributed by atoms with Gasteiger partial charge in [0.1, 0.15) is 12.0 Å². The van der Waals surface area contributed by atoms with Crippen LogP contribution >= 0.6 is 11.6 Å². The number of oxazole rings is 1. The summed E-state index contributed by atoms with van der Waals surface area (Å²) in [6, 6.07) is 17.5. The predicted octanol–water partition coefficient (Wildman–Crippen LogP) is 4.55. The second kappa shape index (κ2) is 7.25. The summed E-state index contributed by atoms with van der Waals surface area (Å²) in [5.41, 5.74) is 3.68. The minimum absolute atomic E-state index is 0.0118. The average Bonchev–Trinajstić information content (AvgIpc) is 3.09. The number of alkyl halides is 1. The number of Topliss-reactive ketones (excluding diaryl/α,β-unsaturated/α-hetero) is 1. The van der Waals surface area contributed by atoms with Crippen molar-refractivity contribution in [3.63, 3.8) is 0 Å². The summed E-state index contributed by atoms with van der Waals surface area (Å²) in [6.45, 7) is 0. The predicted molar refractivity (Wildman–Crippen MR) is 90.8 cm³/mol. The van der Waals surface area contributed by atoms with Gasteiger partial charge in [0.05, 0.1) is 5.88 Å². The maximum Gasteiger partial charge on any atom is 0.194 e. The van der Waals surface area contributed by atoms with Crippen LogP contribution in [0.15, 0.2) is 65.3 Å². The van der Waals surface area contributed by atoms with Crippen molar-refractivity contribution in [1.29, 1.82) is 0 Å². The molecule has 0 atom stereocenters. The van der Waals surface area contributed by atoms with Crippen LogP contribution in [0.5, 0.6) is 0 Å². The van der Waals surface area contributed by atoms with E-state index in [0.29, 0.717) is 11.5 Å². The summed E-state index contributed by atoms with van der Waals surface area (Å²) in [5, 5.41) is 0. The molecule has 0 aliphatic heterocycles. The Morgan fingerprint density at radius 2 is 1.74 bits per heavy atom.